The highest BCUT2D eigenvalue weighted by Gasteiger charge is 2.36. The van der Waals surface area contributed by atoms with Crippen molar-refractivity contribution in [2.75, 3.05) is 120 Å². The number of carbonyl (C=O) groups excluding carboxylic acids is 10. The summed E-state index contributed by atoms with van der Waals surface area (Å²) in [6, 6.07) is 48.0. The van der Waals surface area contributed by atoms with E-state index in [1.54, 1.807) is 43.8 Å². The maximum Gasteiger partial charge on any atom is 0.410 e. The number of nitrogens with one attached hydrogen (secondary N) is 4. The van der Waals surface area contributed by atoms with Gasteiger partial charge in [-0.3, -0.25) is 59.6 Å². The number of pyridine rings is 4. The Labute approximate surface area is 828 Å². The molecule has 4 aliphatic rings. The zero-order chi connectivity index (χ0) is 101. The second-order valence-corrected chi connectivity index (χ2v) is 37.2. The lowest BCUT2D eigenvalue weighted by atomic mass is 10.0. The minimum absolute atomic E-state index is 0.0257. The molecule has 4 fully saturated rings. The van der Waals surface area contributed by atoms with Crippen molar-refractivity contribution in [3.8, 4) is 23.7 Å². The lowest BCUT2D eigenvalue weighted by molar-refractivity contribution is -0.137. The topological polar surface area (TPSA) is 400 Å². The van der Waals surface area contributed by atoms with Crippen molar-refractivity contribution < 1.29 is 95.7 Å². The Bertz CT molecular complexity index is 6870. The molecule has 4 unspecified atom stereocenters. The minimum atomic E-state index is -0.517. The number of hydrogen-bond acceptors (Lipinski definition) is 24. The molecule has 0 aliphatic carbocycles. The van der Waals surface area contributed by atoms with Crippen LogP contribution in [0.25, 0.3) is 87.7 Å². The first-order chi connectivity index (χ1) is 69.2. The van der Waals surface area contributed by atoms with Crippen LogP contribution in [0, 0.1) is 23.7 Å². The number of amides is 10. The van der Waals surface area contributed by atoms with E-state index >= 15 is 0 Å². The van der Waals surface area contributed by atoms with Gasteiger partial charge < -0.3 is 75.8 Å². The van der Waals surface area contributed by atoms with Gasteiger partial charge in [0.15, 0.2) is 0 Å². The molecule has 750 valence electrons. The Morgan fingerprint density at radius 2 is 0.678 bits per heavy atom. The van der Waals surface area contributed by atoms with Gasteiger partial charge in [-0.05, 0) is 232 Å². The van der Waals surface area contributed by atoms with Crippen LogP contribution < -0.4 is 21.3 Å². The molecule has 0 radical (unpaired) electrons. The smallest absolute Gasteiger partial charge is 0.410 e. The molecule has 34 nitrogen and oxygen atoms in total. The fourth-order valence-electron chi connectivity index (χ4n) is 17.6. The molecule has 34 heteroatoms. The van der Waals surface area contributed by atoms with E-state index in [9.17, 15) is 47.9 Å². The maximum absolute atomic E-state index is 12.6. The minimum Gasteiger partial charge on any atom is -0.444 e. The molecule has 10 amide bonds. The Balaban J connectivity index is 0.000000152. The maximum atomic E-state index is 12.6. The van der Waals surface area contributed by atoms with Gasteiger partial charge in [0.25, 0.3) is 0 Å². The number of piperidine rings is 4. The van der Waals surface area contributed by atoms with Crippen LogP contribution >= 0.6 is 0 Å². The van der Waals surface area contributed by atoms with Crippen LogP contribution in [0.5, 0.6) is 0 Å². The van der Waals surface area contributed by atoms with Crippen molar-refractivity contribution in [1.82, 2.24) is 69.3 Å². The standard InChI is InChI=1S/C30H29N3O5.C28H36N4O5.C28H32N4O5.C23H27N3O5/c34-28-13-12-27(30(35)32-28)33-26-11-10-22(20-25(26)24-9-4-14-31-29(24)33)8-5-15-36-16-17-37-18-19-38-21-23-6-2-1-3-7-23;2*1-28(2,3)37-27(35)31(4)15-7-17-36-16-6-8-19-10-11-22-21(18-19)20-9-5-14-29-25(20)32(22)23-12-13-24(33)30-26(23)34;27-10-12-31-14-13-30-11-2-3-16-5-6-19-18(15-16)17-4-1-9-24-22(17)26(19)20-7-8-21(28)25-23(20)29/h1-4,6-7,9-11,14,20,27H,12-13,15-19,21H2,(H,32,34,35);5,9-11,14,18,23H,6-8,12-13,15-17H2,1-4H3,(H,30,33,34);5,9-11,14,18,23H,7,12-13,15-17H2,1-4H3,(H,30,33,34);1,4-6,9,15,20,27H,2-3,7-8,10-14H2,(H,25,28,29). The van der Waals surface area contributed by atoms with Gasteiger partial charge in [-0.2, -0.15) is 0 Å². The van der Waals surface area contributed by atoms with Gasteiger partial charge in [-0.25, -0.2) is 29.5 Å². The van der Waals surface area contributed by atoms with E-state index in [0.29, 0.717) is 162 Å². The second-order valence-electron chi connectivity index (χ2n) is 37.2. The van der Waals surface area contributed by atoms with Crippen molar-refractivity contribution in [2.24, 2.45) is 0 Å². The fraction of sp³-hybridized carbons (Fsp3) is 0.413. The lowest BCUT2D eigenvalue weighted by Crippen LogP contribution is -2.41. The molecule has 4 aliphatic heterocycles. The van der Waals surface area contributed by atoms with Crippen LogP contribution in [0.4, 0.5) is 9.59 Å². The van der Waals surface area contributed by atoms with E-state index in [0.717, 1.165) is 131 Å². The molecule has 4 saturated heterocycles. The molecule has 5 aromatic carbocycles. The van der Waals surface area contributed by atoms with Crippen molar-refractivity contribution in [2.45, 2.75) is 173 Å². The normalized spacial score (nSPS) is 16.1. The third-order valence-electron chi connectivity index (χ3n) is 24.2. The molecule has 0 bridgehead atoms. The number of benzene rings is 5. The summed E-state index contributed by atoms with van der Waals surface area (Å²) in [6.45, 7) is 19.0. The molecule has 4 atom stereocenters. The summed E-state index contributed by atoms with van der Waals surface area (Å²) >= 11 is 0. The number of hydrogen-bond donors (Lipinski definition) is 5. The first kappa shape index (κ1) is 105. The molecule has 5 N–H and O–H groups in total. The van der Waals surface area contributed by atoms with Crippen LogP contribution in [0.15, 0.2) is 176 Å². The highest BCUT2D eigenvalue weighted by molar-refractivity contribution is 6.13. The summed E-state index contributed by atoms with van der Waals surface area (Å²) < 4.78 is 57.3. The van der Waals surface area contributed by atoms with E-state index in [-0.39, 0.29) is 72.7 Å². The highest BCUT2D eigenvalue weighted by atomic mass is 16.6. The molecular formula is C109H124N14O20. The molecule has 143 heavy (non-hydrogen) atoms. The summed E-state index contributed by atoms with van der Waals surface area (Å²) in [5.41, 5.74) is 10.8. The van der Waals surface area contributed by atoms with Crippen LogP contribution in [-0.4, -0.2) is 243 Å². The summed E-state index contributed by atoms with van der Waals surface area (Å²) in [5, 5.41) is 26.4. The summed E-state index contributed by atoms with van der Waals surface area (Å²) in [5.74, 6) is 10.3. The van der Waals surface area contributed by atoms with Gasteiger partial charge in [-0.1, -0.05) is 66.1 Å². The zero-order valence-electron chi connectivity index (χ0n) is 82.1. The number of imide groups is 4. The quantitative estimate of drug-likeness (QED) is 0.0140. The van der Waals surface area contributed by atoms with Crippen LogP contribution in [0.3, 0.4) is 0 Å². The number of aromatic nitrogens is 8. The number of aryl methyl sites for hydroxylation is 2. The Morgan fingerprint density at radius 1 is 0.364 bits per heavy atom. The molecule has 13 aromatic rings. The Morgan fingerprint density at radius 3 is 1.04 bits per heavy atom. The van der Waals surface area contributed by atoms with E-state index in [1.807, 2.05) is 187 Å². The molecule has 0 saturated carbocycles. The highest BCUT2D eigenvalue weighted by Crippen LogP contribution is 2.40. The van der Waals surface area contributed by atoms with E-state index in [1.165, 1.54) is 16.0 Å². The third-order valence-corrected chi connectivity index (χ3v) is 24.2. The largest absolute Gasteiger partial charge is 0.444 e. The van der Waals surface area contributed by atoms with Crippen molar-refractivity contribution in [3.05, 3.63) is 204 Å². The van der Waals surface area contributed by atoms with Gasteiger partial charge in [0, 0.05) is 158 Å². The number of aliphatic hydroxyl groups is 1. The summed E-state index contributed by atoms with van der Waals surface area (Å²) in [4.78, 5) is 142. The number of carbonyl (C=O) groups is 10. The molecule has 8 aromatic heterocycles. The Kier molecular flexibility index (Phi) is 36.9. The average molecular weight is 1950 g/mol. The van der Waals surface area contributed by atoms with Gasteiger partial charge in [0.1, 0.15) is 71.2 Å². The van der Waals surface area contributed by atoms with Crippen molar-refractivity contribution in [3.63, 3.8) is 0 Å². The molecular weight excluding hydrogens is 1830 g/mol. The van der Waals surface area contributed by atoms with Gasteiger partial charge in [0.05, 0.1) is 81.5 Å². The Hall–Kier alpha value is -14.2. The van der Waals surface area contributed by atoms with E-state index in [2.05, 4.69) is 89.2 Å². The van der Waals surface area contributed by atoms with Crippen LogP contribution in [0.2, 0.25) is 0 Å². The molecule has 0 spiro atoms. The number of aliphatic hydroxyl groups excluding tert-OH is 1. The van der Waals surface area contributed by atoms with Crippen LogP contribution in [-0.2, 0) is 100 Å². The molecule has 12 heterocycles. The molecule has 17 rings (SSSR count). The van der Waals surface area contributed by atoms with Gasteiger partial charge >= 0.3 is 12.2 Å². The SMILES string of the molecule is CN(CCCOCC#Cc1ccc2c(c1)c1cccnc1n2C1CCC(=O)NC1=O)C(=O)OC(C)(C)C.CN(CCCOCCCc1ccc2c(c1)c1cccnc1n2C1CCC(=O)NC1=O)C(=O)OC(C)(C)C.O=C1CCC(n2c3ccc(C#CCOCCOCCOCc4ccccc4)cc3c3cccnc32)C(=O)N1.O=C1CCC(n2c3ccc(CCCOCCOCCO)cc3c3cccnc32)C(=O)N1. The van der Waals surface area contributed by atoms with Crippen molar-refractivity contribution in [1.29, 1.82) is 0 Å². The predicted octanol–water partition coefficient (Wildman–Crippen LogP) is 14.1. The number of nitrogens with zero attached hydrogens (tertiary/aromatic N) is 10. The van der Waals surface area contributed by atoms with Gasteiger partial charge in [-0.15, -0.1) is 0 Å². The predicted molar refractivity (Wildman–Crippen MR) is 540 cm³/mol. The first-order valence-electron chi connectivity index (χ1n) is 48.6. The number of ether oxygens (including phenoxy) is 9. The second kappa shape index (κ2) is 50.5. The van der Waals surface area contributed by atoms with E-state index < -0.39 is 35.4 Å². The van der Waals surface area contributed by atoms with E-state index in [4.69, 9.17) is 47.7 Å². The number of rotatable bonds is 35. The monoisotopic (exact) mass is 1950 g/mol. The fourth-order valence-corrected chi connectivity index (χ4v) is 17.6. The lowest BCUT2D eigenvalue weighted by Gasteiger charge is -2.24. The zero-order valence-corrected chi connectivity index (χ0v) is 82.1. The van der Waals surface area contributed by atoms with Crippen molar-refractivity contribution >= 4 is 147 Å². The first-order valence-corrected chi connectivity index (χ1v) is 48.6. The van der Waals surface area contributed by atoms with Crippen LogP contribution in [0.1, 0.15) is 171 Å². The average Bonchev–Trinajstić information content (AvgIpc) is 1.61. The summed E-state index contributed by atoms with van der Waals surface area (Å²) in [6.07, 6.45) is 14.2. The summed E-state index contributed by atoms with van der Waals surface area (Å²) in [7, 11) is 3.44. The van der Waals surface area contributed by atoms with Gasteiger partial charge in [0.2, 0.25) is 47.3 Å². The number of fused-ring (bicyclic) bond motifs is 12. The third kappa shape index (κ3) is 28.2.